The number of esters is 1. The molecular weight excluding hydrogens is 385 g/mol. The molecule has 1 aromatic carbocycles. The van der Waals surface area contributed by atoms with Gasteiger partial charge in [-0.1, -0.05) is 0 Å². The van der Waals surface area contributed by atoms with Crippen LogP contribution in [0.5, 0.6) is 0 Å². The molecule has 0 spiro atoms. The molecule has 10 nitrogen and oxygen atoms in total. The zero-order chi connectivity index (χ0) is 20.3. The number of hydrogen-bond donors (Lipinski definition) is 1. The summed E-state index contributed by atoms with van der Waals surface area (Å²) in [6, 6.07) is 3.57. The van der Waals surface area contributed by atoms with Crippen LogP contribution in [-0.2, 0) is 17.3 Å². The summed E-state index contributed by atoms with van der Waals surface area (Å²) in [4.78, 5) is 26.4. The molecule has 0 amide bonds. The van der Waals surface area contributed by atoms with Gasteiger partial charge >= 0.3 is 12.1 Å². The number of H-pyrrole nitrogens is 1. The standard InChI is InChI=1S/C15H11F3N6O4/c16-15(17,18)13-10(6-20-22-13)3-4-28-14(25)9-1-2-11(12(5-9)24(26)27)23-8-19-7-21-23/h1-2,5-8H,3-4H2,(H,20,22). The number of hydrogen-bond acceptors (Lipinski definition) is 7. The molecule has 0 unspecified atom stereocenters. The van der Waals surface area contributed by atoms with E-state index < -0.39 is 28.5 Å². The van der Waals surface area contributed by atoms with Crippen molar-refractivity contribution in [1.29, 1.82) is 0 Å². The van der Waals surface area contributed by atoms with Gasteiger partial charge in [0.15, 0.2) is 0 Å². The van der Waals surface area contributed by atoms with Crippen molar-refractivity contribution >= 4 is 11.7 Å². The molecule has 1 N–H and O–H groups in total. The van der Waals surface area contributed by atoms with Crippen molar-refractivity contribution in [3.05, 3.63) is 64.0 Å². The molecule has 0 fully saturated rings. The van der Waals surface area contributed by atoms with Crippen LogP contribution in [0.25, 0.3) is 5.69 Å². The molecule has 13 heteroatoms. The predicted molar refractivity (Wildman–Crippen MR) is 85.6 cm³/mol. The van der Waals surface area contributed by atoms with Crippen LogP contribution >= 0.6 is 0 Å². The third kappa shape index (κ3) is 3.97. The number of carbonyl (C=O) groups excluding carboxylic acids is 1. The summed E-state index contributed by atoms with van der Waals surface area (Å²) >= 11 is 0. The maximum Gasteiger partial charge on any atom is 0.433 e. The minimum Gasteiger partial charge on any atom is -0.462 e. The Morgan fingerprint density at radius 3 is 2.79 bits per heavy atom. The second-order valence-electron chi connectivity index (χ2n) is 5.45. The topological polar surface area (TPSA) is 129 Å². The molecule has 0 atom stereocenters. The Bertz CT molecular complexity index is 1000. The summed E-state index contributed by atoms with van der Waals surface area (Å²) in [6.07, 6.45) is -1.39. The van der Waals surface area contributed by atoms with Gasteiger partial charge in [-0.05, 0) is 12.1 Å². The van der Waals surface area contributed by atoms with Crippen LogP contribution in [0, 0.1) is 10.1 Å². The number of aromatic amines is 1. The number of nitrogens with zero attached hydrogens (tertiary/aromatic N) is 5. The minimum atomic E-state index is -4.60. The summed E-state index contributed by atoms with van der Waals surface area (Å²) < 4.78 is 44.3. The Labute approximate surface area is 154 Å². The average Bonchev–Trinajstić information content (AvgIpc) is 3.32. The van der Waals surface area contributed by atoms with Gasteiger partial charge in [-0.3, -0.25) is 15.2 Å². The molecule has 0 aliphatic rings. The third-order valence-electron chi connectivity index (χ3n) is 3.68. The molecule has 0 bridgehead atoms. The number of halogens is 3. The van der Waals surface area contributed by atoms with E-state index in [0.717, 1.165) is 16.9 Å². The fraction of sp³-hybridized carbons (Fsp3) is 0.200. The molecule has 0 aliphatic carbocycles. The van der Waals surface area contributed by atoms with Crippen molar-refractivity contribution in [1.82, 2.24) is 25.0 Å². The number of ether oxygens (including phenoxy) is 1. The van der Waals surface area contributed by atoms with E-state index in [2.05, 4.69) is 15.2 Å². The quantitative estimate of drug-likeness (QED) is 0.384. The highest BCUT2D eigenvalue weighted by Gasteiger charge is 2.35. The summed E-state index contributed by atoms with van der Waals surface area (Å²) in [5.41, 5.74) is -1.62. The van der Waals surface area contributed by atoms with Crippen molar-refractivity contribution in [3.8, 4) is 5.69 Å². The van der Waals surface area contributed by atoms with E-state index >= 15 is 0 Å². The molecule has 3 rings (SSSR count). The van der Waals surface area contributed by atoms with Crippen LogP contribution in [-0.4, -0.2) is 42.5 Å². The normalized spacial score (nSPS) is 11.4. The van der Waals surface area contributed by atoms with E-state index in [0.29, 0.717) is 0 Å². The van der Waals surface area contributed by atoms with Gasteiger partial charge in [-0.25, -0.2) is 14.5 Å². The number of benzene rings is 1. The highest BCUT2D eigenvalue weighted by Crippen LogP contribution is 2.30. The van der Waals surface area contributed by atoms with Crippen molar-refractivity contribution < 1.29 is 27.6 Å². The van der Waals surface area contributed by atoms with Gasteiger partial charge in [0.1, 0.15) is 24.0 Å². The van der Waals surface area contributed by atoms with E-state index in [1.165, 1.54) is 24.8 Å². The van der Waals surface area contributed by atoms with Gasteiger partial charge < -0.3 is 4.74 Å². The van der Waals surface area contributed by atoms with E-state index in [-0.39, 0.29) is 29.8 Å². The lowest BCUT2D eigenvalue weighted by Crippen LogP contribution is -2.13. The Balaban J connectivity index is 1.71. The molecule has 3 aromatic rings. The first-order valence-electron chi connectivity index (χ1n) is 7.67. The Kier molecular flexibility index (Phi) is 5.06. The van der Waals surface area contributed by atoms with Crippen molar-refractivity contribution in [2.24, 2.45) is 0 Å². The van der Waals surface area contributed by atoms with Gasteiger partial charge in [0.25, 0.3) is 5.69 Å². The second kappa shape index (κ2) is 7.46. The summed E-state index contributed by atoms with van der Waals surface area (Å²) in [5.74, 6) is -0.912. The highest BCUT2D eigenvalue weighted by molar-refractivity contribution is 5.90. The van der Waals surface area contributed by atoms with Gasteiger partial charge in [-0.2, -0.15) is 23.4 Å². The van der Waals surface area contributed by atoms with Crippen molar-refractivity contribution in [2.75, 3.05) is 6.61 Å². The van der Waals surface area contributed by atoms with Gasteiger partial charge in [0.05, 0.1) is 23.3 Å². The number of aromatic nitrogens is 5. The molecule has 2 heterocycles. The van der Waals surface area contributed by atoms with Crippen LogP contribution < -0.4 is 0 Å². The Morgan fingerprint density at radius 1 is 1.36 bits per heavy atom. The number of nitro groups is 1. The number of alkyl halides is 3. The molecule has 28 heavy (non-hydrogen) atoms. The number of rotatable bonds is 6. The smallest absolute Gasteiger partial charge is 0.433 e. The zero-order valence-electron chi connectivity index (χ0n) is 13.9. The van der Waals surface area contributed by atoms with Crippen molar-refractivity contribution in [3.63, 3.8) is 0 Å². The minimum absolute atomic E-state index is 0.0901. The fourth-order valence-corrected chi connectivity index (χ4v) is 2.41. The lowest BCUT2D eigenvalue weighted by Gasteiger charge is -2.08. The van der Waals surface area contributed by atoms with Crippen LogP contribution in [0.2, 0.25) is 0 Å². The number of nitrogens with one attached hydrogen (secondary N) is 1. The predicted octanol–water partition coefficient (Wildman–Crippen LogP) is 2.32. The SMILES string of the molecule is O=C(OCCc1cn[nH]c1C(F)(F)F)c1ccc(-n2cncn2)c([N+](=O)[O-])c1. The van der Waals surface area contributed by atoms with Gasteiger partial charge in [-0.15, -0.1) is 0 Å². The largest absolute Gasteiger partial charge is 0.462 e. The lowest BCUT2D eigenvalue weighted by molar-refractivity contribution is -0.384. The molecule has 0 radical (unpaired) electrons. The first-order valence-corrected chi connectivity index (χ1v) is 7.67. The Morgan fingerprint density at radius 2 is 2.14 bits per heavy atom. The van der Waals surface area contributed by atoms with E-state index in [1.807, 2.05) is 5.10 Å². The average molecular weight is 396 g/mol. The Hall–Kier alpha value is -3.77. The lowest BCUT2D eigenvalue weighted by atomic mass is 10.1. The maximum atomic E-state index is 12.8. The molecule has 0 saturated carbocycles. The van der Waals surface area contributed by atoms with Gasteiger partial charge in [0.2, 0.25) is 0 Å². The van der Waals surface area contributed by atoms with E-state index in [4.69, 9.17) is 4.74 Å². The second-order valence-corrected chi connectivity index (χ2v) is 5.45. The first-order chi connectivity index (χ1) is 13.3. The first kappa shape index (κ1) is 19.0. The third-order valence-corrected chi connectivity index (χ3v) is 3.68. The monoisotopic (exact) mass is 396 g/mol. The molecular formula is C15H11F3N6O4. The van der Waals surface area contributed by atoms with Crippen molar-refractivity contribution in [2.45, 2.75) is 12.6 Å². The molecule has 0 saturated heterocycles. The zero-order valence-corrected chi connectivity index (χ0v) is 13.9. The van der Waals surface area contributed by atoms with E-state index in [1.54, 1.807) is 0 Å². The van der Waals surface area contributed by atoms with Crippen LogP contribution in [0.3, 0.4) is 0 Å². The summed E-state index contributed by atoms with van der Waals surface area (Å²) in [5, 5.41) is 20.2. The van der Waals surface area contributed by atoms with Crippen LogP contribution in [0.1, 0.15) is 21.6 Å². The summed E-state index contributed by atoms with van der Waals surface area (Å²) in [7, 11) is 0. The van der Waals surface area contributed by atoms with Crippen LogP contribution in [0.4, 0.5) is 18.9 Å². The fourth-order valence-electron chi connectivity index (χ4n) is 2.41. The van der Waals surface area contributed by atoms with Crippen LogP contribution in [0.15, 0.2) is 37.1 Å². The molecule has 146 valence electrons. The highest BCUT2D eigenvalue weighted by atomic mass is 19.4. The van der Waals surface area contributed by atoms with E-state index in [9.17, 15) is 28.1 Å². The number of carbonyl (C=O) groups is 1. The molecule has 0 aliphatic heterocycles. The summed E-state index contributed by atoms with van der Waals surface area (Å²) in [6.45, 7) is -0.361. The number of nitro benzene ring substituents is 1. The maximum absolute atomic E-state index is 12.8. The van der Waals surface area contributed by atoms with Gasteiger partial charge in [0, 0.05) is 18.1 Å². The molecule has 2 aromatic heterocycles.